The standard InChI is InChI=1S/C13H24N4O3/c1-3-14-13(16-11-12-5-8-20-17-12)15-6-4-7-19-10-9-18-2/h5,8H,3-4,6-7,9-11H2,1-2H3,(H2,14,15,16). The van der Waals surface area contributed by atoms with E-state index in [1.165, 1.54) is 0 Å². The lowest BCUT2D eigenvalue weighted by molar-refractivity contribution is 0.0698. The molecule has 1 rings (SSSR count). The van der Waals surface area contributed by atoms with Crippen LogP contribution in [-0.4, -0.2) is 51.1 Å². The van der Waals surface area contributed by atoms with Crippen LogP contribution in [0, 0.1) is 0 Å². The molecular weight excluding hydrogens is 260 g/mol. The molecular formula is C13H24N4O3. The Balaban J connectivity index is 2.16. The third-order valence-electron chi connectivity index (χ3n) is 2.42. The molecule has 0 aliphatic carbocycles. The summed E-state index contributed by atoms with van der Waals surface area (Å²) in [5, 5.41) is 10.2. The Morgan fingerprint density at radius 2 is 2.25 bits per heavy atom. The molecule has 1 heterocycles. The number of hydrogen-bond donors (Lipinski definition) is 2. The normalized spacial score (nSPS) is 11.6. The van der Waals surface area contributed by atoms with E-state index in [9.17, 15) is 0 Å². The van der Waals surface area contributed by atoms with Gasteiger partial charge < -0.3 is 24.6 Å². The van der Waals surface area contributed by atoms with E-state index in [1.54, 1.807) is 19.4 Å². The SMILES string of the molecule is CCNC(=NCc1ccon1)NCCCOCCOC. The van der Waals surface area contributed by atoms with Crippen molar-refractivity contribution in [1.82, 2.24) is 15.8 Å². The second kappa shape index (κ2) is 11.2. The van der Waals surface area contributed by atoms with E-state index in [-0.39, 0.29) is 0 Å². The molecule has 0 amide bonds. The van der Waals surface area contributed by atoms with Crippen molar-refractivity contribution in [1.29, 1.82) is 0 Å². The highest BCUT2D eigenvalue weighted by Crippen LogP contribution is 1.96. The van der Waals surface area contributed by atoms with Gasteiger partial charge in [-0.3, -0.25) is 0 Å². The molecule has 7 nitrogen and oxygen atoms in total. The van der Waals surface area contributed by atoms with Crippen LogP contribution in [-0.2, 0) is 16.0 Å². The maximum atomic E-state index is 5.39. The fourth-order valence-corrected chi connectivity index (χ4v) is 1.45. The number of nitrogens with zero attached hydrogens (tertiary/aromatic N) is 2. The second-order valence-corrected chi connectivity index (χ2v) is 4.07. The lowest BCUT2D eigenvalue weighted by atomic mass is 10.4. The number of aromatic nitrogens is 1. The number of guanidine groups is 1. The van der Waals surface area contributed by atoms with Gasteiger partial charge in [-0.05, 0) is 13.3 Å². The van der Waals surface area contributed by atoms with Gasteiger partial charge in [0, 0.05) is 32.9 Å². The molecule has 0 spiro atoms. The summed E-state index contributed by atoms with van der Waals surface area (Å²) in [6.07, 6.45) is 2.46. The lowest BCUT2D eigenvalue weighted by Gasteiger charge is -2.11. The molecule has 0 fully saturated rings. The number of aliphatic imine (C=N–C) groups is 1. The Labute approximate surface area is 119 Å². The van der Waals surface area contributed by atoms with Crippen LogP contribution >= 0.6 is 0 Å². The highest BCUT2D eigenvalue weighted by molar-refractivity contribution is 5.79. The Hall–Kier alpha value is -1.60. The average molecular weight is 284 g/mol. The molecule has 0 aliphatic heterocycles. The van der Waals surface area contributed by atoms with E-state index in [2.05, 4.69) is 20.8 Å². The molecule has 7 heteroatoms. The van der Waals surface area contributed by atoms with Crippen molar-refractivity contribution in [2.24, 2.45) is 4.99 Å². The molecule has 114 valence electrons. The van der Waals surface area contributed by atoms with Crippen molar-refractivity contribution in [2.45, 2.75) is 19.9 Å². The number of ether oxygens (including phenoxy) is 2. The summed E-state index contributed by atoms with van der Waals surface area (Å²) in [6.45, 7) is 6.12. The molecule has 1 aromatic heterocycles. The van der Waals surface area contributed by atoms with Crippen molar-refractivity contribution in [3.05, 3.63) is 18.0 Å². The van der Waals surface area contributed by atoms with Crippen LogP contribution in [0.4, 0.5) is 0 Å². The first kappa shape index (κ1) is 16.5. The van der Waals surface area contributed by atoms with E-state index in [4.69, 9.17) is 14.0 Å². The maximum Gasteiger partial charge on any atom is 0.191 e. The first-order valence-corrected chi connectivity index (χ1v) is 6.85. The van der Waals surface area contributed by atoms with Crippen LogP contribution < -0.4 is 10.6 Å². The lowest BCUT2D eigenvalue weighted by Crippen LogP contribution is -2.38. The molecule has 0 saturated carbocycles. The number of methoxy groups -OCH3 is 1. The number of rotatable bonds is 10. The first-order chi connectivity index (χ1) is 9.86. The number of nitrogens with one attached hydrogen (secondary N) is 2. The summed E-state index contributed by atoms with van der Waals surface area (Å²) >= 11 is 0. The molecule has 0 radical (unpaired) electrons. The predicted molar refractivity (Wildman–Crippen MR) is 76.6 cm³/mol. The van der Waals surface area contributed by atoms with Crippen molar-refractivity contribution in [2.75, 3.05) is 40.0 Å². The van der Waals surface area contributed by atoms with Gasteiger partial charge in [0.15, 0.2) is 5.96 Å². The van der Waals surface area contributed by atoms with Crippen LogP contribution in [0.3, 0.4) is 0 Å². The predicted octanol–water partition coefficient (Wildman–Crippen LogP) is 0.783. The molecule has 0 saturated heterocycles. The molecule has 1 aromatic rings. The third kappa shape index (κ3) is 7.75. The fourth-order valence-electron chi connectivity index (χ4n) is 1.45. The van der Waals surface area contributed by atoms with Gasteiger partial charge in [0.2, 0.25) is 0 Å². The van der Waals surface area contributed by atoms with E-state index in [0.717, 1.165) is 31.2 Å². The van der Waals surface area contributed by atoms with E-state index in [0.29, 0.717) is 26.4 Å². The van der Waals surface area contributed by atoms with Gasteiger partial charge in [-0.25, -0.2) is 4.99 Å². The largest absolute Gasteiger partial charge is 0.382 e. The zero-order chi connectivity index (χ0) is 14.5. The summed E-state index contributed by atoms with van der Waals surface area (Å²) in [7, 11) is 1.67. The molecule has 0 atom stereocenters. The maximum absolute atomic E-state index is 5.39. The molecule has 0 aliphatic rings. The topological polar surface area (TPSA) is 80.9 Å². The van der Waals surface area contributed by atoms with Gasteiger partial charge in [0.05, 0.1) is 19.8 Å². The van der Waals surface area contributed by atoms with Crippen LogP contribution in [0.25, 0.3) is 0 Å². The Bertz CT molecular complexity index is 355. The Morgan fingerprint density at radius 3 is 2.95 bits per heavy atom. The van der Waals surface area contributed by atoms with Crippen molar-refractivity contribution < 1.29 is 14.0 Å². The Morgan fingerprint density at radius 1 is 1.35 bits per heavy atom. The summed E-state index contributed by atoms with van der Waals surface area (Å²) in [5.41, 5.74) is 0.810. The van der Waals surface area contributed by atoms with Crippen LogP contribution in [0.1, 0.15) is 19.0 Å². The highest BCUT2D eigenvalue weighted by atomic mass is 16.5. The van der Waals surface area contributed by atoms with Crippen molar-refractivity contribution in [3.8, 4) is 0 Å². The average Bonchev–Trinajstić information content (AvgIpc) is 2.97. The van der Waals surface area contributed by atoms with Gasteiger partial charge >= 0.3 is 0 Å². The van der Waals surface area contributed by atoms with Crippen molar-refractivity contribution in [3.63, 3.8) is 0 Å². The zero-order valence-corrected chi connectivity index (χ0v) is 12.2. The van der Waals surface area contributed by atoms with Crippen LogP contribution in [0.5, 0.6) is 0 Å². The Kier molecular flexibility index (Phi) is 9.25. The highest BCUT2D eigenvalue weighted by Gasteiger charge is 1.99. The minimum absolute atomic E-state index is 0.496. The quantitative estimate of drug-likeness (QED) is 0.375. The van der Waals surface area contributed by atoms with E-state index < -0.39 is 0 Å². The first-order valence-electron chi connectivity index (χ1n) is 6.85. The molecule has 0 unspecified atom stereocenters. The minimum atomic E-state index is 0.496. The molecule has 20 heavy (non-hydrogen) atoms. The smallest absolute Gasteiger partial charge is 0.191 e. The van der Waals surface area contributed by atoms with Gasteiger partial charge in [-0.1, -0.05) is 5.16 Å². The molecule has 0 aromatic carbocycles. The van der Waals surface area contributed by atoms with Gasteiger partial charge in [-0.2, -0.15) is 0 Å². The third-order valence-corrected chi connectivity index (χ3v) is 2.42. The molecule has 0 bridgehead atoms. The van der Waals surface area contributed by atoms with Crippen LogP contribution in [0.15, 0.2) is 21.8 Å². The van der Waals surface area contributed by atoms with Gasteiger partial charge in [-0.15, -0.1) is 0 Å². The minimum Gasteiger partial charge on any atom is -0.382 e. The number of hydrogen-bond acceptors (Lipinski definition) is 5. The van der Waals surface area contributed by atoms with Gasteiger partial charge in [0.1, 0.15) is 12.0 Å². The van der Waals surface area contributed by atoms with E-state index in [1.807, 2.05) is 6.92 Å². The zero-order valence-electron chi connectivity index (χ0n) is 12.2. The second-order valence-electron chi connectivity index (χ2n) is 4.07. The summed E-state index contributed by atoms with van der Waals surface area (Å²) in [6, 6.07) is 1.80. The van der Waals surface area contributed by atoms with Gasteiger partial charge in [0.25, 0.3) is 0 Å². The molecule has 2 N–H and O–H groups in total. The monoisotopic (exact) mass is 284 g/mol. The van der Waals surface area contributed by atoms with Crippen LogP contribution in [0.2, 0.25) is 0 Å². The van der Waals surface area contributed by atoms with E-state index >= 15 is 0 Å². The summed E-state index contributed by atoms with van der Waals surface area (Å²) in [5.74, 6) is 0.771. The summed E-state index contributed by atoms with van der Waals surface area (Å²) < 4.78 is 15.1. The summed E-state index contributed by atoms with van der Waals surface area (Å²) in [4.78, 5) is 4.41. The van der Waals surface area contributed by atoms with Crippen molar-refractivity contribution >= 4 is 5.96 Å². The fraction of sp³-hybridized carbons (Fsp3) is 0.692.